The molecule has 0 fully saturated rings. The van der Waals surface area contributed by atoms with Crippen LogP contribution in [0.5, 0.6) is 5.75 Å². The minimum atomic E-state index is -0.611. The number of nitrogens with one attached hydrogen (secondary N) is 1. The van der Waals surface area contributed by atoms with E-state index >= 15 is 0 Å². The lowest BCUT2D eigenvalue weighted by atomic mass is 10.1. The van der Waals surface area contributed by atoms with E-state index in [2.05, 4.69) is 5.32 Å². The number of para-hydroxylation sites is 1. The van der Waals surface area contributed by atoms with Crippen molar-refractivity contribution in [3.63, 3.8) is 0 Å². The Morgan fingerprint density at radius 2 is 1.68 bits per heavy atom. The Labute approximate surface area is 151 Å². The molecule has 0 aliphatic rings. The second-order valence-corrected chi connectivity index (χ2v) is 6.11. The van der Waals surface area contributed by atoms with Crippen molar-refractivity contribution in [3.8, 4) is 5.75 Å². The Balaban J connectivity index is 1.81. The van der Waals surface area contributed by atoms with Gasteiger partial charge in [0.15, 0.2) is 13.2 Å². The van der Waals surface area contributed by atoms with Crippen molar-refractivity contribution in [3.05, 3.63) is 58.1 Å². The van der Waals surface area contributed by atoms with Crippen molar-refractivity contribution in [2.75, 3.05) is 18.5 Å². The van der Waals surface area contributed by atoms with Gasteiger partial charge in [-0.2, -0.15) is 0 Å². The van der Waals surface area contributed by atoms with Gasteiger partial charge in [-0.25, -0.2) is 4.79 Å². The van der Waals surface area contributed by atoms with E-state index in [1.54, 1.807) is 18.2 Å². The molecule has 0 aromatic heterocycles. The number of esters is 1. The number of anilines is 1. The molecule has 0 saturated heterocycles. The first-order valence-corrected chi connectivity index (χ1v) is 8.15. The molecule has 0 unspecified atom stereocenters. The van der Waals surface area contributed by atoms with Gasteiger partial charge in [0, 0.05) is 10.7 Å². The monoisotopic (exact) mass is 361 g/mol. The molecule has 0 heterocycles. The zero-order chi connectivity index (χ0) is 18.4. The number of halogens is 1. The Bertz CT molecular complexity index is 769. The summed E-state index contributed by atoms with van der Waals surface area (Å²) in [6, 6.07) is 10.9. The molecule has 0 aliphatic carbocycles. The van der Waals surface area contributed by atoms with Gasteiger partial charge in [-0.1, -0.05) is 35.9 Å². The third kappa shape index (κ3) is 5.50. The van der Waals surface area contributed by atoms with Crippen LogP contribution in [-0.2, 0) is 14.3 Å². The molecule has 2 aromatic carbocycles. The summed E-state index contributed by atoms with van der Waals surface area (Å²) in [5.41, 5.74) is 3.31. The van der Waals surface area contributed by atoms with Crippen LogP contribution in [0.4, 0.5) is 5.69 Å². The van der Waals surface area contributed by atoms with Crippen molar-refractivity contribution < 1.29 is 19.1 Å². The zero-order valence-corrected chi connectivity index (χ0v) is 15.1. The van der Waals surface area contributed by atoms with E-state index in [1.807, 2.05) is 39.0 Å². The average Bonchev–Trinajstić information content (AvgIpc) is 2.56. The molecular weight excluding hydrogens is 342 g/mol. The SMILES string of the molecule is Cc1ccc(Cl)cc1NC(=O)COC(=O)COc1c(C)cccc1C. The number of aryl methyl sites for hydroxylation is 3. The molecule has 25 heavy (non-hydrogen) atoms. The van der Waals surface area contributed by atoms with E-state index in [9.17, 15) is 9.59 Å². The van der Waals surface area contributed by atoms with Crippen LogP contribution in [0.15, 0.2) is 36.4 Å². The van der Waals surface area contributed by atoms with Gasteiger partial charge >= 0.3 is 5.97 Å². The lowest BCUT2D eigenvalue weighted by Gasteiger charge is -2.12. The lowest BCUT2D eigenvalue weighted by molar-refractivity contribution is -0.149. The molecule has 0 bridgehead atoms. The molecule has 132 valence electrons. The molecule has 2 aromatic rings. The van der Waals surface area contributed by atoms with Crippen LogP contribution in [0.25, 0.3) is 0 Å². The molecule has 1 N–H and O–H groups in total. The first-order valence-electron chi connectivity index (χ1n) is 7.77. The first kappa shape index (κ1) is 18.8. The fraction of sp³-hybridized carbons (Fsp3) is 0.263. The van der Waals surface area contributed by atoms with E-state index in [0.29, 0.717) is 16.5 Å². The maximum Gasteiger partial charge on any atom is 0.344 e. The molecule has 0 aliphatic heterocycles. The summed E-state index contributed by atoms with van der Waals surface area (Å²) in [5.74, 6) is -0.398. The van der Waals surface area contributed by atoms with Crippen LogP contribution in [0.2, 0.25) is 5.02 Å². The van der Waals surface area contributed by atoms with E-state index in [1.165, 1.54) is 0 Å². The van der Waals surface area contributed by atoms with Crippen LogP contribution in [0.1, 0.15) is 16.7 Å². The third-order valence-electron chi connectivity index (χ3n) is 3.58. The number of ether oxygens (including phenoxy) is 2. The fourth-order valence-electron chi connectivity index (χ4n) is 2.26. The number of hydrogen-bond acceptors (Lipinski definition) is 4. The van der Waals surface area contributed by atoms with Crippen molar-refractivity contribution in [2.24, 2.45) is 0 Å². The summed E-state index contributed by atoms with van der Waals surface area (Å²) in [5, 5.41) is 3.17. The molecule has 2 rings (SSSR count). The van der Waals surface area contributed by atoms with Gasteiger partial charge in [-0.15, -0.1) is 0 Å². The summed E-state index contributed by atoms with van der Waals surface area (Å²) in [6.45, 7) is 5.00. The van der Waals surface area contributed by atoms with E-state index in [-0.39, 0.29) is 13.2 Å². The Hall–Kier alpha value is -2.53. The van der Waals surface area contributed by atoms with E-state index in [4.69, 9.17) is 21.1 Å². The Morgan fingerprint density at radius 3 is 2.36 bits per heavy atom. The Kier molecular flexibility index (Phi) is 6.42. The normalized spacial score (nSPS) is 10.2. The standard InChI is InChI=1S/C19H20ClNO4/c1-12-7-8-15(20)9-16(12)21-17(22)10-24-18(23)11-25-19-13(2)5-4-6-14(19)3/h4-9H,10-11H2,1-3H3,(H,21,22). The van der Waals surface area contributed by atoms with Crippen molar-refractivity contribution in [2.45, 2.75) is 20.8 Å². The summed E-state index contributed by atoms with van der Waals surface area (Å²) in [4.78, 5) is 23.7. The second kappa shape index (κ2) is 8.53. The highest BCUT2D eigenvalue weighted by Crippen LogP contribution is 2.22. The number of amides is 1. The highest BCUT2D eigenvalue weighted by Gasteiger charge is 2.11. The minimum absolute atomic E-state index is 0.255. The van der Waals surface area contributed by atoms with Gasteiger partial charge in [0.1, 0.15) is 5.75 Å². The molecular formula is C19H20ClNO4. The minimum Gasteiger partial charge on any atom is -0.481 e. The van der Waals surface area contributed by atoms with Crippen molar-refractivity contribution >= 4 is 29.2 Å². The van der Waals surface area contributed by atoms with E-state index in [0.717, 1.165) is 16.7 Å². The largest absolute Gasteiger partial charge is 0.481 e. The van der Waals surface area contributed by atoms with Crippen molar-refractivity contribution in [1.82, 2.24) is 0 Å². The van der Waals surface area contributed by atoms with Gasteiger partial charge in [0.25, 0.3) is 5.91 Å². The molecule has 0 radical (unpaired) electrons. The molecule has 1 amide bonds. The highest BCUT2D eigenvalue weighted by atomic mass is 35.5. The van der Waals surface area contributed by atoms with E-state index < -0.39 is 11.9 Å². The van der Waals surface area contributed by atoms with Crippen LogP contribution >= 0.6 is 11.6 Å². The van der Waals surface area contributed by atoms with Gasteiger partial charge in [0.05, 0.1) is 0 Å². The topological polar surface area (TPSA) is 64.6 Å². The predicted octanol–water partition coefficient (Wildman–Crippen LogP) is 3.83. The number of rotatable bonds is 6. The molecule has 0 saturated carbocycles. The third-order valence-corrected chi connectivity index (χ3v) is 3.82. The summed E-state index contributed by atoms with van der Waals surface area (Å²) < 4.78 is 10.4. The number of carbonyl (C=O) groups excluding carboxylic acids is 2. The summed E-state index contributed by atoms with van der Waals surface area (Å²) in [7, 11) is 0. The summed E-state index contributed by atoms with van der Waals surface area (Å²) in [6.07, 6.45) is 0. The van der Waals surface area contributed by atoms with Crippen LogP contribution < -0.4 is 10.1 Å². The maximum atomic E-state index is 11.9. The number of carbonyl (C=O) groups is 2. The quantitative estimate of drug-likeness (QED) is 0.794. The molecule has 0 atom stereocenters. The number of benzene rings is 2. The average molecular weight is 362 g/mol. The first-order chi connectivity index (χ1) is 11.9. The highest BCUT2D eigenvalue weighted by molar-refractivity contribution is 6.31. The van der Waals surface area contributed by atoms with Crippen LogP contribution in [0.3, 0.4) is 0 Å². The van der Waals surface area contributed by atoms with Gasteiger partial charge in [-0.3, -0.25) is 4.79 Å². The molecule has 0 spiro atoms. The van der Waals surface area contributed by atoms with Gasteiger partial charge in [0.2, 0.25) is 0 Å². The maximum absolute atomic E-state index is 11.9. The van der Waals surface area contributed by atoms with Crippen LogP contribution in [0, 0.1) is 20.8 Å². The lowest BCUT2D eigenvalue weighted by Crippen LogP contribution is -2.24. The molecule has 5 nitrogen and oxygen atoms in total. The van der Waals surface area contributed by atoms with Crippen molar-refractivity contribution in [1.29, 1.82) is 0 Å². The smallest absolute Gasteiger partial charge is 0.344 e. The Morgan fingerprint density at radius 1 is 1.00 bits per heavy atom. The summed E-state index contributed by atoms with van der Waals surface area (Å²) >= 11 is 5.90. The van der Waals surface area contributed by atoms with Gasteiger partial charge < -0.3 is 14.8 Å². The predicted molar refractivity (Wildman–Crippen MR) is 97.2 cm³/mol. The number of hydrogen-bond donors (Lipinski definition) is 1. The fourth-order valence-corrected chi connectivity index (χ4v) is 2.43. The van der Waals surface area contributed by atoms with Gasteiger partial charge in [-0.05, 0) is 49.6 Å². The van der Waals surface area contributed by atoms with Crippen LogP contribution in [-0.4, -0.2) is 25.1 Å². The zero-order valence-electron chi connectivity index (χ0n) is 14.4. The second-order valence-electron chi connectivity index (χ2n) is 5.68. The molecule has 6 heteroatoms.